The number of hydrogen-bond donors (Lipinski definition) is 1. The second-order valence-corrected chi connectivity index (χ2v) is 6.61. The van der Waals surface area contributed by atoms with Crippen LogP contribution in [0.1, 0.15) is 36.2 Å². The van der Waals surface area contributed by atoms with Gasteiger partial charge < -0.3 is 14.9 Å². The number of amides is 2. The summed E-state index contributed by atoms with van der Waals surface area (Å²) in [5.41, 5.74) is 1.55. The van der Waals surface area contributed by atoms with E-state index in [0.29, 0.717) is 25.1 Å². The van der Waals surface area contributed by atoms with Gasteiger partial charge in [0.2, 0.25) is 5.91 Å². The van der Waals surface area contributed by atoms with E-state index in [4.69, 9.17) is 0 Å². The molecular formula is C17H20N2O4. The number of anilines is 1. The third-order valence-electron chi connectivity index (χ3n) is 4.88. The zero-order chi connectivity index (χ0) is 16.8. The van der Waals surface area contributed by atoms with Crippen LogP contribution in [0.5, 0.6) is 0 Å². The number of fused-ring (bicyclic) bond motifs is 1. The van der Waals surface area contributed by atoms with Gasteiger partial charge in [-0.15, -0.1) is 0 Å². The second kappa shape index (κ2) is 5.37. The number of nitrogens with zero attached hydrogens (tertiary/aromatic N) is 2. The van der Waals surface area contributed by atoms with Crippen molar-refractivity contribution in [2.24, 2.45) is 5.41 Å². The van der Waals surface area contributed by atoms with E-state index in [1.807, 2.05) is 12.1 Å². The van der Waals surface area contributed by atoms with Crippen LogP contribution in [0.2, 0.25) is 0 Å². The Balaban J connectivity index is 1.80. The van der Waals surface area contributed by atoms with Gasteiger partial charge in [0.15, 0.2) is 0 Å². The summed E-state index contributed by atoms with van der Waals surface area (Å²) >= 11 is 0. The summed E-state index contributed by atoms with van der Waals surface area (Å²) in [5.74, 6) is -1.00. The summed E-state index contributed by atoms with van der Waals surface area (Å²) in [6.45, 7) is 4.54. The molecule has 6 heteroatoms. The van der Waals surface area contributed by atoms with E-state index in [2.05, 4.69) is 0 Å². The minimum atomic E-state index is -0.863. The van der Waals surface area contributed by atoms with Crippen LogP contribution in [0.4, 0.5) is 5.69 Å². The van der Waals surface area contributed by atoms with Gasteiger partial charge >= 0.3 is 5.97 Å². The highest BCUT2D eigenvalue weighted by atomic mass is 16.4. The molecule has 122 valence electrons. The highest BCUT2D eigenvalue weighted by Crippen LogP contribution is 2.33. The molecule has 3 rings (SSSR count). The normalized spacial score (nSPS) is 23.0. The predicted octanol–water partition coefficient (Wildman–Crippen LogP) is 1.53. The maximum atomic E-state index is 12.6. The summed E-state index contributed by atoms with van der Waals surface area (Å²) in [7, 11) is 0. The number of carbonyl (C=O) groups is 3. The first-order chi connectivity index (χ1) is 10.8. The Morgan fingerprint density at radius 2 is 1.96 bits per heavy atom. The molecule has 2 amide bonds. The Morgan fingerprint density at radius 1 is 1.22 bits per heavy atom. The first-order valence-electron chi connectivity index (χ1n) is 7.75. The van der Waals surface area contributed by atoms with Crippen molar-refractivity contribution in [1.82, 2.24) is 4.90 Å². The summed E-state index contributed by atoms with van der Waals surface area (Å²) in [6, 6.07) is 5.36. The summed E-state index contributed by atoms with van der Waals surface area (Å²) in [4.78, 5) is 38.8. The van der Waals surface area contributed by atoms with E-state index >= 15 is 0 Å². The molecule has 1 aromatic carbocycles. The first-order valence-corrected chi connectivity index (χ1v) is 7.75. The zero-order valence-corrected chi connectivity index (χ0v) is 13.3. The number of hydrogen-bond acceptors (Lipinski definition) is 3. The van der Waals surface area contributed by atoms with Crippen molar-refractivity contribution in [3.05, 3.63) is 29.3 Å². The van der Waals surface area contributed by atoms with Crippen LogP contribution in [0, 0.1) is 5.41 Å². The fourth-order valence-corrected chi connectivity index (χ4v) is 3.35. The number of carboxylic acids is 1. The maximum Gasteiger partial charge on any atom is 0.311 e. The topological polar surface area (TPSA) is 77.9 Å². The molecule has 0 aliphatic carbocycles. The molecule has 2 aliphatic rings. The van der Waals surface area contributed by atoms with Crippen molar-refractivity contribution in [3.63, 3.8) is 0 Å². The molecule has 2 aliphatic heterocycles. The molecule has 23 heavy (non-hydrogen) atoms. The molecule has 1 aromatic rings. The maximum absolute atomic E-state index is 12.6. The number of rotatable bonds is 2. The van der Waals surface area contributed by atoms with Gasteiger partial charge in [0.25, 0.3) is 5.91 Å². The van der Waals surface area contributed by atoms with Crippen LogP contribution in [0.25, 0.3) is 0 Å². The molecule has 0 aromatic heterocycles. The van der Waals surface area contributed by atoms with Crippen LogP contribution >= 0.6 is 0 Å². The Morgan fingerprint density at radius 3 is 2.57 bits per heavy atom. The third-order valence-corrected chi connectivity index (χ3v) is 4.88. The lowest BCUT2D eigenvalue weighted by atomic mass is 9.90. The van der Waals surface area contributed by atoms with Crippen molar-refractivity contribution < 1.29 is 19.5 Å². The third kappa shape index (κ3) is 2.58. The SMILES string of the molecule is CC(=O)N1CCc2cc(C(=O)N3CCC(C)(C(=O)O)C3)ccc21. The van der Waals surface area contributed by atoms with E-state index in [1.165, 1.54) is 6.92 Å². The van der Waals surface area contributed by atoms with E-state index in [-0.39, 0.29) is 18.4 Å². The molecule has 0 saturated carbocycles. The van der Waals surface area contributed by atoms with E-state index in [1.54, 1.807) is 22.8 Å². The Bertz CT molecular complexity index is 700. The van der Waals surface area contributed by atoms with Gasteiger partial charge in [-0.25, -0.2) is 0 Å². The molecule has 6 nitrogen and oxygen atoms in total. The average Bonchev–Trinajstić information content (AvgIpc) is 3.10. The van der Waals surface area contributed by atoms with Crippen molar-refractivity contribution in [2.45, 2.75) is 26.7 Å². The fourth-order valence-electron chi connectivity index (χ4n) is 3.35. The molecule has 1 fully saturated rings. The van der Waals surface area contributed by atoms with Crippen LogP contribution in [0.15, 0.2) is 18.2 Å². The summed E-state index contributed by atoms with van der Waals surface area (Å²) < 4.78 is 0. The number of carboxylic acid groups (broad SMARTS) is 1. The lowest BCUT2D eigenvalue weighted by Crippen LogP contribution is -2.34. The molecule has 1 unspecified atom stereocenters. The highest BCUT2D eigenvalue weighted by Gasteiger charge is 2.42. The van der Waals surface area contributed by atoms with Gasteiger partial charge in [0.1, 0.15) is 0 Å². The van der Waals surface area contributed by atoms with Crippen LogP contribution in [0.3, 0.4) is 0 Å². The minimum absolute atomic E-state index is 0.000376. The van der Waals surface area contributed by atoms with E-state index in [9.17, 15) is 19.5 Å². The van der Waals surface area contributed by atoms with Gasteiger partial charge in [-0.3, -0.25) is 14.4 Å². The molecule has 0 spiro atoms. The quantitative estimate of drug-likeness (QED) is 0.897. The number of likely N-dealkylation sites (tertiary alicyclic amines) is 1. The van der Waals surface area contributed by atoms with Crippen molar-refractivity contribution in [1.29, 1.82) is 0 Å². The van der Waals surface area contributed by atoms with Gasteiger partial charge in [0, 0.05) is 37.8 Å². The predicted molar refractivity (Wildman–Crippen MR) is 84.4 cm³/mol. The molecule has 1 saturated heterocycles. The lowest BCUT2D eigenvalue weighted by molar-refractivity contribution is -0.147. The first kappa shape index (κ1) is 15.5. The molecular weight excluding hydrogens is 296 g/mol. The monoisotopic (exact) mass is 316 g/mol. The smallest absolute Gasteiger partial charge is 0.311 e. The zero-order valence-electron chi connectivity index (χ0n) is 13.3. The van der Waals surface area contributed by atoms with E-state index in [0.717, 1.165) is 17.7 Å². The fraction of sp³-hybridized carbons (Fsp3) is 0.471. The Labute approximate surface area is 134 Å². The minimum Gasteiger partial charge on any atom is -0.481 e. The van der Waals surface area contributed by atoms with Crippen LogP contribution < -0.4 is 4.90 Å². The molecule has 2 heterocycles. The Kier molecular flexibility index (Phi) is 3.62. The van der Waals surface area contributed by atoms with Crippen LogP contribution in [-0.2, 0) is 16.0 Å². The Hall–Kier alpha value is -2.37. The number of benzene rings is 1. The molecule has 1 N–H and O–H groups in total. The highest BCUT2D eigenvalue weighted by molar-refractivity contribution is 5.98. The van der Waals surface area contributed by atoms with Gasteiger partial charge in [0.05, 0.1) is 5.41 Å². The van der Waals surface area contributed by atoms with E-state index < -0.39 is 11.4 Å². The summed E-state index contributed by atoms with van der Waals surface area (Å²) in [5, 5.41) is 9.28. The number of carbonyl (C=O) groups excluding carboxylic acids is 2. The molecule has 1 atom stereocenters. The van der Waals surface area contributed by atoms with Crippen molar-refractivity contribution >= 4 is 23.5 Å². The molecule has 0 radical (unpaired) electrons. The second-order valence-electron chi connectivity index (χ2n) is 6.61. The van der Waals surface area contributed by atoms with Gasteiger partial charge in [-0.2, -0.15) is 0 Å². The average molecular weight is 316 g/mol. The van der Waals surface area contributed by atoms with Crippen molar-refractivity contribution in [2.75, 3.05) is 24.5 Å². The number of aliphatic carboxylic acids is 1. The standard InChI is InChI=1S/C17H20N2O4/c1-11(20)19-7-5-12-9-13(3-4-14(12)19)15(21)18-8-6-17(2,10-18)16(22)23/h3-4,9H,5-8,10H2,1-2H3,(H,22,23). The van der Waals surface area contributed by atoms with Gasteiger partial charge in [-0.1, -0.05) is 0 Å². The lowest BCUT2D eigenvalue weighted by Gasteiger charge is -2.20. The van der Waals surface area contributed by atoms with Crippen LogP contribution in [-0.4, -0.2) is 47.4 Å². The van der Waals surface area contributed by atoms with Gasteiger partial charge in [-0.05, 0) is 43.5 Å². The largest absolute Gasteiger partial charge is 0.481 e. The molecule has 0 bridgehead atoms. The summed E-state index contributed by atoms with van der Waals surface area (Å²) in [6.07, 6.45) is 1.21. The van der Waals surface area contributed by atoms with Crippen molar-refractivity contribution in [3.8, 4) is 0 Å².